The Morgan fingerprint density at radius 2 is 1.59 bits per heavy atom. The molecular formula is C23H27N5O. The lowest BCUT2D eigenvalue weighted by Gasteiger charge is -2.36. The van der Waals surface area contributed by atoms with Crippen LogP contribution in [0.15, 0.2) is 60.7 Å². The zero-order valence-electron chi connectivity index (χ0n) is 17.0. The molecule has 1 fully saturated rings. The third-order valence-corrected chi connectivity index (χ3v) is 5.18. The van der Waals surface area contributed by atoms with Crippen LogP contribution in [0, 0.1) is 6.92 Å². The standard InChI is InChI=1S/C23H27N5O/c1-18-16-22(28-14-12-27(13-15-28)20-6-4-3-5-7-20)26-23(25-18)24-17-19-8-10-21(29-2)11-9-19/h3-11,16H,12-15,17H2,1-2H3,(H,24,25,26). The Bertz CT molecular complexity index is 922. The van der Waals surface area contributed by atoms with Crippen LogP contribution in [-0.2, 0) is 6.54 Å². The molecule has 0 bridgehead atoms. The molecule has 0 amide bonds. The summed E-state index contributed by atoms with van der Waals surface area (Å²) in [6.07, 6.45) is 0. The van der Waals surface area contributed by atoms with E-state index in [0.29, 0.717) is 12.5 Å². The van der Waals surface area contributed by atoms with Gasteiger partial charge in [-0.15, -0.1) is 0 Å². The van der Waals surface area contributed by atoms with Crippen LogP contribution in [0.5, 0.6) is 5.75 Å². The minimum absolute atomic E-state index is 0.668. The molecule has 1 aliphatic rings. The Morgan fingerprint density at radius 3 is 2.28 bits per heavy atom. The van der Waals surface area contributed by atoms with Crippen LogP contribution in [0.4, 0.5) is 17.5 Å². The van der Waals surface area contributed by atoms with Gasteiger partial charge in [-0.25, -0.2) is 4.98 Å². The van der Waals surface area contributed by atoms with Crippen LogP contribution in [0.1, 0.15) is 11.3 Å². The van der Waals surface area contributed by atoms with Gasteiger partial charge in [-0.1, -0.05) is 30.3 Å². The molecule has 1 N–H and O–H groups in total. The number of methoxy groups -OCH3 is 1. The van der Waals surface area contributed by atoms with Gasteiger partial charge in [-0.2, -0.15) is 4.98 Å². The number of nitrogens with zero attached hydrogens (tertiary/aromatic N) is 4. The maximum Gasteiger partial charge on any atom is 0.225 e. The molecular weight excluding hydrogens is 362 g/mol. The number of ether oxygens (including phenoxy) is 1. The molecule has 0 radical (unpaired) electrons. The van der Waals surface area contributed by atoms with Gasteiger partial charge < -0.3 is 19.9 Å². The summed E-state index contributed by atoms with van der Waals surface area (Å²) in [4.78, 5) is 14.1. The van der Waals surface area contributed by atoms with Crippen molar-refractivity contribution >= 4 is 17.5 Å². The number of para-hydroxylation sites is 1. The normalized spacial score (nSPS) is 14.0. The second-order valence-corrected chi connectivity index (χ2v) is 7.20. The van der Waals surface area contributed by atoms with Crippen molar-refractivity contribution in [2.45, 2.75) is 13.5 Å². The van der Waals surface area contributed by atoms with Crippen LogP contribution in [0.3, 0.4) is 0 Å². The van der Waals surface area contributed by atoms with E-state index in [4.69, 9.17) is 9.72 Å². The van der Waals surface area contributed by atoms with E-state index in [1.165, 1.54) is 5.69 Å². The summed E-state index contributed by atoms with van der Waals surface area (Å²) in [5.74, 6) is 2.52. The van der Waals surface area contributed by atoms with Gasteiger partial charge in [-0.3, -0.25) is 0 Å². The minimum atomic E-state index is 0.668. The quantitative estimate of drug-likeness (QED) is 0.693. The van der Waals surface area contributed by atoms with Crippen molar-refractivity contribution in [3.05, 3.63) is 71.9 Å². The van der Waals surface area contributed by atoms with Crippen molar-refractivity contribution < 1.29 is 4.74 Å². The van der Waals surface area contributed by atoms with Gasteiger partial charge in [0.15, 0.2) is 0 Å². The van der Waals surface area contributed by atoms with Crippen molar-refractivity contribution in [2.75, 3.05) is 48.4 Å². The number of hydrogen-bond donors (Lipinski definition) is 1. The average Bonchev–Trinajstić information content (AvgIpc) is 2.78. The molecule has 0 aliphatic carbocycles. The number of rotatable bonds is 6. The van der Waals surface area contributed by atoms with E-state index in [2.05, 4.69) is 56.5 Å². The smallest absolute Gasteiger partial charge is 0.225 e. The summed E-state index contributed by atoms with van der Waals surface area (Å²) in [6.45, 7) is 6.56. The molecule has 6 nitrogen and oxygen atoms in total. The monoisotopic (exact) mass is 389 g/mol. The highest BCUT2D eigenvalue weighted by Gasteiger charge is 2.19. The third kappa shape index (κ3) is 4.77. The summed E-state index contributed by atoms with van der Waals surface area (Å²) < 4.78 is 5.21. The molecule has 0 spiro atoms. The lowest BCUT2D eigenvalue weighted by Crippen LogP contribution is -2.46. The molecule has 0 atom stereocenters. The number of aromatic nitrogens is 2. The minimum Gasteiger partial charge on any atom is -0.497 e. The maximum atomic E-state index is 5.21. The summed E-state index contributed by atoms with van der Waals surface area (Å²) in [5.41, 5.74) is 3.42. The van der Waals surface area contributed by atoms with E-state index >= 15 is 0 Å². The highest BCUT2D eigenvalue weighted by molar-refractivity contribution is 5.50. The lowest BCUT2D eigenvalue weighted by atomic mass is 10.2. The van der Waals surface area contributed by atoms with E-state index in [1.807, 2.05) is 31.2 Å². The lowest BCUT2D eigenvalue weighted by molar-refractivity contribution is 0.414. The summed E-state index contributed by atoms with van der Waals surface area (Å²) in [6, 6.07) is 20.7. The molecule has 6 heteroatoms. The largest absolute Gasteiger partial charge is 0.497 e. The molecule has 150 valence electrons. The Hall–Kier alpha value is -3.28. The van der Waals surface area contributed by atoms with Crippen LogP contribution < -0.4 is 19.9 Å². The Morgan fingerprint density at radius 1 is 0.897 bits per heavy atom. The maximum absolute atomic E-state index is 5.21. The van der Waals surface area contributed by atoms with Gasteiger partial charge in [0.1, 0.15) is 11.6 Å². The first-order chi connectivity index (χ1) is 14.2. The molecule has 2 aromatic carbocycles. The first-order valence-corrected chi connectivity index (χ1v) is 9.99. The van der Waals surface area contributed by atoms with E-state index in [-0.39, 0.29) is 0 Å². The van der Waals surface area contributed by atoms with Crippen LogP contribution in [-0.4, -0.2) is 43.3 Å². The Labute approximate surface area is 172 Å². The number of hydrogen-bond acceptors (Lipinski definition) is 6. The molecule has 0 unspecified atom stereocenters. The highest BCUT2D eigenvalue weighted by Crippen LogP contribution is 2.21. The van der Waals surface area contributed by atoms with E-state index < -0.39 is 0 Å². The Kier molecular flexibility index (Phi) is 5.79. The molecule has 1 aromatic heterocycles. The van der Waals surface area contributed by atoms with Crippen LogP contribution in [0.2, 0.25) is 0 Å². The van der Waals surface area contributed by atoms with Crippen molar-refractivity contribution in [1.82, 2.24) is 9.97 Å². The van der Waals surface area contributed by atoms with Crippen molar-refractivity contribution in [3.8, 4) is 5.75 Å². The zero-order chi connectivity index (χ0) is 20.1. The SMILES string of the molecule is COc1ccc(CNc2nc(C)cc(N3CCN(c4ccccc4)CC3)n2)cc1. The fourth-order valence-corrected chi connectivity index (χ4v) is 3.55. The molecule has 4 rings (SSSR count). The highest BCUT2D eigenvalue weighted by atomic mass is 16.5. The second kappa shape index (κ2) is 8.82. The van der Waals surface area contributed by atoms with Gasteiger partial charge in [-0.05, 0) is 36.8 Å². The van der Waals surface area contributed by atoms with Crippen molar-refractivity contribution in [2.24, 2.45) is 0 Å². The van der Waals surface area contributed by atoms with Gasteiger partial charge in [0.25, 0.3) is 0 Å². The van der Waals surface area contributed by atoms with Gasteiger partial charge in [0, 0.05) is 50.2 Å². The van der Waals surface area contributed by atoms with E-state index in [0.717, 1.165) is 49.0 Å². The summed E-state index contributed by atoms with van der Waals surface area (Å²) >= 11 is 0. The zero-order valence-corrected chi connectivity index (χ0v) is 17.0. The molecule has 2 heterocycles. The second-order valence-electron chi connectivity index (χ2n) is 7.20. The average molecular weight is 390 g/mol. The molecule has 29 heavy (non-hydrogen) atoms. The predicted molar refractivity (Wildman–Crippen MR) is 118 cm³/mol. The summed E-state index contributed by atoms with van der Waals surface area (Å²) in [7, 11) is 1.68. The summed E-state index contributed by atoms with van der Waals surface area (Å²) in [5, 5.41) is 3.35. The first-order valence-electron chi connectivity index (χ1n) is 9.99. The van der Waals surface area contributed by atoms with Gasteiger partial charge in [0.2, 0.25) is 5.95 Å². The molecule has 3 aromatic rings. The van der Waals surface area contributed by atoms with Crippen molar-refractivity contribution in [1.29, 1.82) is 0 Å². The number of aryl methyl sites for hydroxylation is 1. The fourth-order valence-electron chi connectivity index (χ4n) is 3.55. The number of piperazine rings is 1. The Balaban J connectivity index is 1.39. The topological polar surface area (TPSA) is 53.5 Å². The first kappa shape index (κ1) is 19.1. The third-order valence-electron chi connectivity index (χ3n) is 5.18. The molecule has 1 saturated heterocycles. The van der Waals surface area contributed by atoms with E-state index in [9.17, 15) is 0 Å². The number of anilines is 3. The van der Waals surface area contributed by atoms with Crippen LogP contribution >= 0.6 is 0 Å². The van der Waals surface area contributed by atoms with Crippen molar-refractivity contribution in [3.63, 3.8) is 0 Å². The molecule has 0 saturated carbocycles. The number of benzene rings is 2. The van der Waals surface area contributed by atoms with E-state index in [1.54, 1.807) is 7.11 Å². The fraction of sp³-hybridized carbons (Fsp3) is 0.304. The number of nitrogens with one attached hydrogen (secondary N) is 1. The predicted octanol–water partition coefficient (Wildman–Crippen LogP) is 3.73. The van der Waals surface area contributed by atoms with Gasteiger partial charge in [0.05, 0.1) is 7.11 Å². The molecule has 1 aliphatic heterocycles. The van der Waals surface area contributed by atoms with Gasteiger partial charge >= 0.3 is 0 Å². The van der Waals surface area contributed by atoms with Crippen LogP contribution in [0.25, 0.3) is 0 Å².